The Kier molecular flexibility index (Phi) is 3.69. The van der Waals surface area contributed by atoms with Crippen LogP contribution in [0.5, 0.6) is 5.75 Å². The molecule has 4 heteroatoms. The molecule has 0 aliphatic rings. The summed E-state index contributed by atoms with van der Waals surface area (Å²) in [6.07, 6.45) is 0. The average molecular weight is 204 g/mol. The number of methoxy groups -OCH3 is 1. The second kappa shape index (κ2) is 5.01. The minimum atomic E-state index is 0.521. The van der Waals surface area contributed by atoms with E-state index < -0.39 is 0 Å². The number of hydrogen-bond donors (Lipinski definition) is 0. The van der Waals surface area contributed by atoms with Crippen LogP contribution in [0.1, 0.15) is 18.1 Å². The molecule has 0 unspecified atom stereocenters. The van der Waals surface area contributed by atoms with Gasteiger partial charge in [-0.1, -0.05) is 5.16 Å². The topological polar surface area (TPSA) is 54.6 Å². The summed E-state index contributed by atoms with van der Waals surface area (Å²) in [5, 5.41) is 12.7. The van der Waals surface area contributed by atoms with Crippen molar-refractivity contribution in [2.45, 2.75) is 6.92 Å². The minimum Gasteiger partial charge on any atom is -0.497 e. The first-order valence-corrected chi connectivity index (χ1v) is 4.39. The van der Waals surface area contributed by atoms with Crippen LogP contribution >= 0.6 is 0 Å². The molecular weight excluding hydrogens is 192 g/mol. The number of ether oxygens (including phenoxy) is 1. The van der Waals surface area contributed by atoms with Crippen LogP contribution in [-0.4, -0.2) is 19.9 Å². The molecule has 1 aromatic carbocycles. The van der Waals surface area contributed by atoms with Crippen molar-refractivity contribution in [3.8, 4) is 11.8 Å². The van der Waals surface area contributed by atoms with E-state index in [-0.39, 0.29) is 0 Å². The summed E-state index contributed by atoms with van der Waals surface area (Å²) in [5.74, 6) is 0.653. The van der Waals surface area contributed by atoms with Crippen LogP contribution in [0.25, 0.3) is 0 Å². The van der Waals surface area contributed by atoms with Crippen molar-refractivity contribution in [3.05, 3.63) is 29.3 Å². The molecule has 0 amide bonds. The maximum Gasteiger partial charge on any atom is 0.120 e. The van der Waals surface area contributed by atoms with Gasteiger partial charge in [-0.2, -0.15) is 5.26 Å². The van der Waals surface area contributed by atoms with E-state index in [1.165, 1.54) is 7.11 Å². The van der Waals surface area contributed by atoms with Gasteiger partial charge in [0, 0.05) is 5.56 Å². The smallest absolute Gasteiger partial charge is 0.120 e. The van der Waals surface area contributed by atoms with Gasteiger partial charge in [-0.15, -0.1) is 0 Å². The van der Waals surface area contributed by atoms with Gasteiger partial charge in [0.25, 0.3) is 0 Å². The Balaban J connectivity index is 3.20. The summed E-state index contributed by atoms with van der Waals surface area (Å²) >= 11 is 0. The predicted octanol–water partition coefficient (Wildman–Crippen LogP) is 1.94. The molecule has 78 valence electrons. The zero-order valence-electron chi connectivity index (χ0n) is 8.94. The number of nitriles is 1. The second-order valence-corrected chi connectivity index (χ2v) is 2.88. The zero-order valence-corrected chi connectivity index (χ0v) is 8.94. The third-order valence-electron chi connectivity index (χ3n) is 1.97. The Labute approximate surface area is 88.7 Å². The lowest BCUT2D eigenvalue weighted by molar-refractivity contribution is 0.213. The van der Waals surface area contributed by atoms with Crippen molar-refractivity contribution in [1.82, 2.24) is 0 Å². The van der Waals surface area contributed by atoms with E-state index in [1.807, 2.05) is 0 Å². The summed E-state index contributed by atoms with van der Waals surface area (Å²) in [4.78, 5) is 4.66. The second-order valence-electron chi connectivity index (χ2n) is 2.88. The van der Waals surface area contributed by atoms with Crippen LogP contribution in [0.15, 0.2) is 23.4 Å². The van der Waals surface area contributed by atoms with E-state index in [0.29, 0.717) is 17.0 Å². The quantitative estimate of drug-likeness (QED) is 0.558. The van der Waals surface area contributed by atoms with E-state index in [4.69, 9.17) is 10.00 Å². The van der Waals surface area contributed by atoms with Gasteiger partial charge in [-0.25, -0.2) is 0 Å². The molecule has 0 N–H and O–H groups in total. The molecule has 15 heavy (non-hydrogen) atoms. The Morgan fingerprint density at radius 2 is 2.13 bits per heavy atom. The van der Waals surface area contributed by atoms with Gasteiger partial charge in [0.2, 0.25) is 0 Å². The van der Waals surface area contributed by atoms with Crippen molar-refractivity contribution >= 4 is 5.71 Å². The van der Waals surface area contributed by atoms with Gasteiger partial charge in [-0.3, -0.25) is 0 Å². The Morgan fingerprint density at radius 3 is 2.67 bits per heavy atom. The number of nitrogens with zero attached hydrogens (tertiary/aromatic N) is 2. The van der Waals surface area contributed by atoms with Gasteiger partial charge in [0.15, 0.2) is 0 Å². The third kappa shape index (κ3) is 2.47. The maximum atomic E-state index is 8.95. The summed E-state index contributed by atoms with van der Waals surface area (Å²) in [5.41, 5.74) is 1.93. The summed E-state index contributed by atoms with van der Waals surface area (Å²) in [7, 11) is 3.03. The number of oxime groups is 1. The fraction of sp³-hybridized carbons (Fsp3) is 0.273. The molecule has 1 rings (SSSR count). The van der Waals surface area contributed by atoms with Crippen LogP contribution in [0.3, 0.4) is 0 Å². The number of hydrogen-bond acceptors (Lipinski definition) is 4. The molecule has 0 aliphatic heterocycles. The van der Waals surface area contributed by atoms with Crippen LogP contribution in [-0.2, 0) is 4.84 Å². The normalized spacial score (nSPS) is 10.7. The predicted molar refractivity (Wildman–Crippen MR) is 56.9 cm³/mol. The van der Waals surface area contributed by atoms with E-state index in [0.717, 1.165) is 5.56 Å². The van der Waals surface area contributed by atoms with Gasteiger partial charge < -0.3 is 9.57 Å². The van der Waals surface area contributed by atoms with Crippen LogP contribution in [0.4, 0.5) is 0 Å². The minimum absolute atomic E-state index is 0.521. The van der Waals surface area contributed by atoms with E-state index in [2.05, 4.69) is 16.1 Å². The molecule has 0 aromatic heterocycles. The SMILES string of the molecule is CON=C(C)c1ccc(OC)cc1C#N. The van der Waals surface area contributed by atoms with Gasteiger partial charge in [0.1, 0.15) is 12.9 Å². The number of rotatable bonds is 3. The Hall–Kier alpha value is -2.02. The third-order valence-corrected chi connectivity index (χ3v) is 1.97. The highest BCUT2D eigenvalue weighted by Gasteiger charge is 2.07. The van der Waals surface area contributed by atoms with Gasteiger partial charge in [-0.05, 0) is 25.1 Å². The van der Waals surface area contributed by atoms with Crippen LogP contribution < -0.4 is 4.74 Å². The molecule has 0 bridgehead atoms. The molecule has 0 fully saturated rings. The van der Waals surface area contributed by atoms with Gasteiger partial charge in [0.05, 0.1) is 24.5 Å². The van der Waals surface area contributed by atoms with Crippen molar-refractivity contribution < 1.29 is 9.57 Å². The Bertz CT molecular complexity index is 419. The molecule has 1 aromatic rings. The van der Waals surface area contributed by atoms with Crippen molar-refractivity contribution in [2.24, 2.45) is 5.16 Å². The lowest BCUT2D eigenvalue weighted by atomic mass is 10.0. The molecule has 0 saturated heterocycles. The maximum absolute atomic E-state index is 8.95. The van der Waals surface area contributed by atoms with E-state index in [1.54, 1.807) is 32.2 Å². The first kappa shape index (κ1) is 11.1. The standard InChI is InChI=1S/C11H12N2O2/c1-8(13-15-3)11-5-4-10(14-2)6-9(11)7-12/h4-6H,1-3H3. The average Bonchev–Trinajstić information content (AvgIpc) is 2.28. The molecule has 0 aliphatic carbocycles. The van der Waals surface area contributed by atoms with Crippen LogP contribution in [0, 0.1) is 11.3 Å². The molecule has 0 spiro atoms. The van der Waals surface area contributed by atoms with E-state index in [9.17, 15) is 0 Å². The lowest BCUT2D eigenvalue weighted by Crippen LogP contribution is -1.99. The molecule has 0 radical (unpaired) electrons. The van der Waals surface area contributed by atoms with E-state index >= 15 is 0 Å². The first-order chi connectivity index (χ1) is 7.22. The molecule has 0 atom stereocenters. The summed E-state index contributed by atoms with van der Waals surface area (Å²) in [6, 6.07) is 7.33. The van der Waals surface area contributed by atoms with Crippen LogP contribution in [0.2, 0.25) is 0 Å². The fourth-order valence-electron chi connectivity index (χ4n) is 1.24. The highest BCUT2D eigenvalue weighted by atomic mass is 16.6. The molecule has 4 nitrogen and oxygen atoms in total. The summed E-state index contributed by atoms with van der Waals surface area (Å²) in [6.45, 7) is 1.78. The van der Waals surface area contributed by atoms with Crippen molar-refractivity contribution in [3.63, 3.8) is 0 Å². The molecule has 0 heterocycles. The molecular formula is C11H12N2O2. The Morgan fingerprint density at radius 1 is 1.40 bits per heavy atom. The van der Waals surface area contributed by atoms with Gasteiger partial charge >= 0.3 is 0 Å². The highest BCUT2D eigenvalue weighted by molar-refractivity contribution is 6.00. The monoisotopic (exact) mass is 204 g/mol. The fourth-order valence-corrected chi connectivity index (χ4v) is 1.24. The molecule has 0 saturated carbocycles. The largest absolute Gasteiger partial charge is 0.497 e. The highest BCUT2D eigenvalue weighted by Crippen LogP contribution is 2.17. The van der Waals surface area contributed by atoms with Crippen molar-refractivity contribution in [2.75, 3.05) is 14.2 Å². The lowest BCUT2D eigenvalue weighted by Gasteiger charge is -2.05. The first-order valence-electron chi connectivity index (χ1n) is 4.39. The number of benzene rings is 1. The van der Waals surface area contributed by atoms with Crippen molar-refractivity contribution in [1.29, 1.82) is 5.26 Å². The zero-order chi connectivity index (χ0) is 11.3. The summed E-state index contributed by atoms with van der Waals surface area (Å²) < 4.78 is 5.03.